The van der Waals surface area contributed by atoms with E-state index in [1.807, 2.05) is 13.0 Å². The molecule has 0 bridgehead atoms. The SMILES string of the molecule is C[Si]1(C)C2=CC(=[N+]3CCOCC3)C=CC2=Cc2ccc(N3CCOCC3)cc21.Cc1cc(C(=O)O)ccc1C1=C2C=CC(=[N+]3CCOCC3)C=C2[Si](C)(C)c2cc(N3CCOCC3)ccc21.[Cl-].[I][V][I]. The van der Waals surface area contributed by atoms with E-state index in [0.717, 1.165) is 116 Å². The van der Waals surface area contributed by atoms with Crippen LogP contribution in [0.5, 0.6) is 0 Å². The van der Waals surface area contributed by atoms with E-state index in [4.69, 9.17) is 18.9 Å². The summed E-state index contributed by atoms with van der Waals surface area (Å²) in [6, 6.07) is 19.6. The molecule has 1 N–H and O–H groups in total. The van der Waals surface area contributed by atoms with Gasteiger partial charge >= 0.3 is 55.4 Å². The second-order valence-corrected chi connectivity index (χ2v) is 40.0. The first-order chi connectivity index (χ1) is 33.4. The second kappa shape index (κ2) is 23.5. The number of halogens is 3. The van der Waals surface area contributed by atoms with Crippen molar-refractivity contribution in [1.82, 2.24) is 0 Å². The van der Waals surface area contributed by atoms with Crippen molar-refractivity contribution < 1.29 is 59.9 Å². The zero-order valence-electron chi connectivity index (χ0n) is 40.9. The van der Waals surface area contributed by atoms with Crippen molar-refractivity contribution in [3.05, 3.63) is 140 Å². The van der Waals surface area contributed by atoms with Crippen molar-refractivity contribution in [1.29, 1.82) is 0 Å². The van der Waals surface area contributed by atoms with Gasteiger partial charge in [-0.1, -0.05) is 44.4 Å². The Morgan fingerprint density at radius 1 is 0.614 bits per heavy atom. The maximum absolute atomic E-state index is 11.7. The Labute approximate surface area is 451 Å². The van der Waals surface area contributed by atoms with Crippen LogP contribution in [0.2, 0.25) is 26.2 Å². The average molecular weight is 1260 g/mol. The number of aromatic carboxylic acids is 1. The van der Waals surface area contributed by atoms with E-state index in [1.54, 1.807) is 22.5 Å². The topological polar surface area (TPSA) is 86.7 Å². The molecule has 369 valence electrons. The van der Waals surface area contributed by atoms with E-state index >= 15 is 0 Å². The number of carboxylic acids is 1. The summed E-state index contributed by atoms with van der Waals surface area (Å²) >= 11 is 4.74. The molecule has 3 aromatic rings. The van der Waals surface area contributed by atoms with Gasteiger partial charge in [0.25, 0.3) is 0 Å². The molecule has 3 aromatic carbocycles. The first-order valence-corrected chi connectivity index (χ1v) is 39.3. The summed E-state index contributed by atoms with van der Waals surface area (Å²) in [5, 5.41) is 15.6. The zero-order valence-corrected chi connectivity index (χ0v) is 49.4. The Balaban J connectivity index is 0.000000183. The number of rotatable bonds is 4. The van der Waals surface area contributed by atoms with Crippen LogP contribution in [-0.2, 0) is 28.4 Å². The van der Waals surface area contributed by atoms with E-state index in [-0.39, 0.29) is 12.4 Å². The first kappa shape index (κ1) is 53.4. The van der Waals surface area contributed by atoms with Crippen molar-refractivity contribution >= 4 is 107 Å². The van der Waals surface area contributed by atoms with E-state index in [0.29, 0.717) is 15.0 Å². The van der Waals surface area contributed by atoms with Gasteiger partial charge in [0.15, 0.2) is 37.6 Å². The molecule has 6 aliphatic heterocycles. The standard InChI is InChI=1S/C31H34N2O4Si.C23H29N2O2Si.ClH.2HI.V/c1-21-18-22(31(34)35)4-7-25(21)30-26-8-5-23(32-10-14-36-15-11-32)19-28(26)38(2,3)29-20-24(6-9-27(29)30)33-12-16-37-17-13-33;1-28(2)22-16-20(24-7-11-26-12-8-24)5-3-18(22)15-19-4-6-21(17-23(19)28)25-9-13-27-14-10-25;;;;/h4-9,18-20H,10-17H2,1-3H3;3-6,15-17H,7-14H2,1-2H3;3*1H;/q;+1;;;;+2/p-2. The summed E-state index contributed by atoms with van der Waals surface area (Å²) < 4.78 is 27.2. The third-order valence-electron chi connectivity index (χ3n) is 14.9. The maximum atomic E-state index is 11.7. The third kappa shape index (κ3) is 11.3. The zero-order chi connectivity index (χ0) is 48.3. The molecule has 0 atom stereocenters. The van der Waals surface area contributed by atoms with Gasteiger partial charge in [0.1, 0.15) is 42.6 Å². The number of carboxylic acid groups (broad SMARTS) is 1. The van der Waals surface area contributed by atoms with Crippen LogP contribution < -0.4 is 32.6 Å². The Morgan fingerprint density at radius 2 is 1.10 bits per heavy atom. The molecule has 0 saturated carbocycles. The van der Waals surface area contributed by atoms with Crippen LogP contribution in [-0.4, -0.2) is 153 Å². The molecule has 6 heterocycles. The normalized spacial score (nSPS) is 20.9. The summed E-state index contributed by atoms with van der Waals surface area (Å²) in [5.74, 6) is -0.895. The summed E-state index contributed by atoms with van der Waals surface area (Å²) in [6.07, 6.45) is 16.4. The monoisotopic (exact) mass is 1260 g/mol. The van der Waals surface area contributed by atoms with Crippen molar-refractivity contribution in [2.75, 3.05) is 115 Å². The number of aryl methyl sites for hydroxylation is 1. The summed E-state index contributed by atoms with van der Waals surface area (Å²) in [5.41, 5.74) is 14.2. The fourth-order valence-electron chi connectivity index (χ4n) is 11.0. The molecule has 4 saturated heterocycles. The van der Waals surface area contributed by atoms with Crippen LogP contribution in [0.3, 0.4) is 0 Å². The Kier molecular flexibility index (Phi) is 18.0. The van der Waals surface area contributed by atoms with Gasteiger partial charge in [-0.2, -0.15) is 0 Å². The molecule has 0 aromatic heterocycles. The molecular formula is C54H64ClI2N4O6Si2V+. The van der Waals surface area contributed by atoms with Gasteiger partial charge in [-0.25, -0.2) is 13.9 Å². The van der Waals surface area contributed by atoms with Gasteiger partial charge in [0.2, 0.25) is 0 Å². The van der Waals surface area contributed by atoms with Crippen LogP contribution in [0.1, 0.15) is 32.6 Å². The van der Waals surface area contributed by atoms with Gasteiger partial charge in [0.05, 0.1) is 32.0 Å². The van der Waals surface area contributed by atoms with Crippen LogP contribution in [0.25, 0.3) is 11.6 Å². The molecule has 0 spiro atoms. The van der Waals surface area contributed by atoms with Crippen LogP contribution >= 0.6 is 40.0 Å². The molecule has 11 rings (SSSR count). The summed E-state index contributed by atoms with van der Waals surface area (Å²) in [7, 11) is -3.21. The third-order valence-corrected chi connectivity index (χ3v) is 22.0. The van der Waals surface area contributed by atoms with Gasteiger partial charge < -0.3 is 46.3 Å². The molecule has 0 amide bonds. The average Bonchev–Trinajstić information content (AvgIpc) is 3.38. The minimum absolute atomic E-state index is 0. The van der Waals surface area contributed by atoms with E-state index in [9.17, 15) is 9.90 Å². The van der Waals surface area contributed by atoms with Gasteiger partial charge in [-0.15, -0.1) is 0 Å². The number of ether oxygens (including phenoxy) is 4. The van der Waals surface area contributed by atoms with Crippen molar-refractivity contribution in [2.45, 2.75) is 33.1 Å². The number of benzene rings is 3. The van der Waals surface area contributed by atoms with Gasteiger partial charge in [-0.3, -0.25) is 0 Å². The first-order valence-electron chi connectivity index (χ1n) is 24.3. The molecule has 8 aliphatic rings. The number of nitrogens with zero attached hydrogens (tertiary/aromatic N) is 4. The molecule has 2 aliphatic carbocycles. The number of carbonyl (C=O) groups is 1. The van der Waals surface area contributed by atoms with Gasteiger partial charge in [-0.05, 0) is 121 Å². The predicted octanol–water partition coefficient (Wildman–Crippen LogP) is 4.91. The molecule has 0 radical (unpaired) electrons. The number of hydrogen-bond acceptors (Lipinski definition) is 7. The van der Waals surface area contributed by atoms with Crippen LogP contribution in [0.15, 0.2) is 113 Å². The van der Waals surface area contributed by atoms with E-state index in [2.05, 4.69) is 164 Å². The Morgan fingerprint density at radius 3 is 1.66 bits per heavy atom. The Bertz CT molecular complexity index is 2760. The van der Waals surface area contributed by atoms with Crippen LogP contribution in [0, 0.1) is 6.92 Å². The Hall–Kier alpha value is -2.88. The quantitative estimate of drug-likeness (QED) is 0.225. The molecular weight excluding hydrogens is 1200 g/mol. The van der Waals surface area contributed by atoms with E-state index < -0.39 is 22.1 Å². The number of allylic oxidation sites excluding steroid dienone is 10. The van der Waals surface area contributed by atoms with Crippen molar-refractivity contribution in [3.8, 4) is 0 Å². The second-order valence-electron chi connectivity index (χ2n) is 19.6. The number of morpholine rings is 4. The summed E-state index contributed by atoms with van der Waals surface area (Å²) in [4.78, 5) is 16.6. The minimum atomic E-state index is -2.07. The van der Waals surface area contributed by atoms with E-state index in [1.165, 1.54) is 61.0 Å². The van der Waals surface area contributed by atoms with Crippen molar-refractivity contribution in [3.63, 3.8) is 0 Å². The van der Waals surface area contributed by atoms with Crippen molar-refractivity contribution in [2.24, 2.45) is 0 Å². The molecule has 0 unspecified atom stereocenters. The molecule has 16 heteroatoms. The number of anilines is 2. The molecule has 70 heavy (non-hydrogen) atoms. The predicted molar refractivity (Wildman–Crippen MR) is 299 cm³/mol. The number of fused-ring (bicyclic) bond motifs is 4. The number of hydrogen-bond donors (Lipinski definition) is 1. The van der Waals surface area contributed by atoms with Gasteiger partial charge in [0, 0.05) is 61.9 Å². The molecule has 10 nitrogen and oxygen atoms in total. The fourth-order valence-corrected chi connectivity index (χ4v) is 17.1. The molecule has 4 fully saturated rings. The van der Waals surface area contributed by atoms with Crippen LogP contribution in [0.4, 0.5) is 11.4 Å². The fraction of sp³-hybridized carbons (Fsp3) is 0.389. The summed E-state index contributed by atoms with van der Waals surface area (Å²) in [6.45, 7) is 25.9.